The zero-order valence-corrected chi connectivity index (χ0v) is 10.2. The molecule has 0 aliphatic carbocycles. The molecular weight excluding hydrogens is 202 g/mol. The van der Waals surface area contributed by atoms with E-state index >= 15 is 0 Å². The van der Waals surface area contributed by atoms with Crippen LogP contribution in [0.2, 0.25) is 0 Å². The number of carbonyl (C=O) groups excluding carboxylic acids is 1. The lowest BCUT2D eigenvalue weighted by atomic mass is 10.0. The first-order valence-corrected chi connectivity index (χ1v) is 5.63. The summed E-state index contributed by atoms with van der Waals surface area (Å²) in [5, 5.41) is 2.87. The van der Waals surface area contributed by atoms with E-state index in [-0.39, 0.29) is 11.9 Å². The average Bonchev–Trinajstić information content (AvgIpc) is 2.61. The molecule has 1 atom stereocenters. The lowest BCUT2D eigenvalue weighted by Gasteiger charge is -2.15. The average molecular weight is 223 g/mol. The Kier molecular flexibility index (Phi) is 4.55. The maximum atomic E-state index is 11.6. The van der Waals surface area contributed by atoms with Crippen molar-refractivity contribution in [2.24, 2.45) is 18.7 Å². The van der Waals surface area contributed by atoms with E-state index in [0.717, 1.165) is 5.69 Å². The van der Waals surface area contributed by atoms with Gasteiger partial charge in [-0.25, -0.2) is 0 Å². The van der Waals surface area contributed by atoms with Crippen molar-refractivity contribution in [2.45, 2.75) is 32.9 Å². The van der Waals surface area contributed by atoms with Crippen molar-refractivity contribution in [3.8, 4) is 0 Å². The van der Waals surface area contributed by atoms with Crippen LogP contribution < -0.4 is 11.1 Å². The highest BCUT2D eigenvalue weighted by Crippen LogP contribution is 2.03. The molecule has 0 bridgehead atoms. The maximum absolute atomic E-state index is 11.6. The molecule has 0 saturated carbocycles. The summed E-state index contributed by atoms with van der Waals surface area (Å²) in [6.45, 7) is 4.61. The van der Waals surface area contributed by atoms with E-state index in [9.17, 15) is 4.79 Å². The SMILES string of the molecule is CC(C)C(N)CC(=O)NCc1cccn1C. The van der Waals surface area contributed by atoms with Crippen LogP contribution in [0.5, 0.6) is 0 Å². The highest BCUT2D eigenvalue weighted by Gasteiger charge is 2.12. The molecule has 0 saturated heterocycles. The molecule has 4 nitrogen and oxygen atoms in total. The molecule has 1 unspecified atom stereocenters. The standard InChI is InChI=1S/C12H21N3O/c1-9(2)11(13)7-12(16)14-8-10-5-4-6-15(10)3/h4-6,9,11H,7-8,13H2,1-3H3,(H,14,16). The second-order valence-corrected chi connectivity index (χ2v) is 4.50. The smallest absolute Gasteiger partial charge is 0.221 e. The Morgan fingerprint density at radius 3 is 2.75 bits per heavy atom. The summed E-state index contributed by atoms with van der Waals surface area (Å²) >= 11 is 0. The van der Waals surface area contributed by atoms with Gasteiger partial charge in [0.25, 0.3) is 0 Å². The van der Waals surface area contributed by atoms with Gasteiger partial charge in [-0.05, 0) is 18.1 Å². The third kappa shape index (κ3) is 3.70. The number of aryl methyl sites for hydroxylation is 1. The summed E-state index contributed by atoms with van der Waals surface area (Å²) in [6.07, 6.45) is 2.35. The van der Waals surface area contributed by atoms with E-state index in [1.807, 2.05) is 43.8 Å². The van der Waals surface area contributed by atoms with Gasteiger partial charge in [0.2, 0.25) is 5.91 Å². The number of nitrogens with two attached hydrogens (primary N) is 1. The zero-order valence-electron chi connectivity index (χ0n) is 10.2. The highest BCUT2D eigenvalue weighted by atomic mass is 16.1. The van der Waals surface area contributed by atoms with Crippen LogP contribution in [0.1, 0.15) is 26.0 Å². The number of amides is 1. The molecule has 4 heteroatoms. The Hall–Kier alpha value is -1.29. The Morgan fingerprint density at radius 1 is 1.56 bits per heavy atom. The minimum atomic E-state index is -0.0617. The Balaban J connectivity index is 2.33. The molecule has 0 aromatic carbocycles. The van der Waals surface area contributed by atoms with Crippen molar-refractivity contribution in [3.63, 3.8) is 0 Å². The molecule has 1 amide bonds. The second kappa shape index (κ2) is 5.70. The monoisotopic (exact) mass is 223 g/mol. The fraction of sp³-hybridized carbons (Fsp3) is 0.583. The summed E-state index contributed by atoms with van der Waals surface area (Å²) in [7, 11) is 1.96. The molecular formula is C12H21N3O. The molecule has 0 aliphatic rings. The van der Waals surface area contributed by atoms with Crippen LogP contribution in [0.15, 0.2) is 18.3 Å². The molecule has 0 fully saturated rings. The first kappa shape index (κ1) is 12.8. The number of carbonyl (C=O) groups is 1. The van der Waals surface area contributed by atoms with Gasteiger partial charge in [0.1, 0.15) is 0 Å². The van der Waals surface area contributed by atoms with Crippen LogP contribution in [0, 0.1) is 5.92 Å². The molecule has 16 heavy (non-hydrogen) atoms. The third-order valence-electron chi connectivity index (χ3n) is 2.80. The van der Waals surface area contributed by atoms with E-state index in [1.165, 1.54) is 0 Å². The van der Waals surface area contributed by atoms with Crippen molar-refractivity contribution in [1.29, 1.82) is 0 Å². The zero-order chi connectivity index (χ0) is 12.1. The van der Waals surface area contributed by atoms with Crippen molar-refractivity contribution < 1.29 is 4.79 Å². The number of nitrogens with zero attached hydrogens (tertiary/aromatic N) is 1. The maximum Gasteiger partial charge on any atom is 0.221 e. The molecule has 1 rings (SSSR count). The minimum Gasteiger partial charge on any atom is -0.353 e. The first-order chi connectivity index (χ1) is 7.50. The van der Waals surface area contributed by atoms with E-state index in [0.29, 0.717) is 18.9 Å². The van der Waals surface area contributed by atoms with Gasteiger partial charge in [0.15, 0.2) is 0 Å². The summed E-state index contributed by atoms with van der Waals surface area (Å²) in [5.41, 5.74) is 6.92. The van der Waals surface area contributed by atoms with Gasteiger partial charge in [0, 0.05) is 31.4 Å². The first-order valence-electron chi connectivity index (χ1n) is 5.63. The van der Waals surface area contributed by atoms with E-state index in [4.69, 9.17) is 5.73 Å². The van der Waals surface area contributed by atoms with Crippen LogP contribution in [0.3, 0.4) is 0 Å². The van der Waals surface area contributed by atoms with E-state index in [1.54, 1.807) is 0 Å². The molecule has 0 spiro atoms. The van der Waals surface area contributed by atoms with Crippen LogP contribution in [-0.2, 0) is 18.4 Å². The lowest BCUT2D eigenvalue weighted by molar-refractivity contribution is -0.121. The Labute approximate surface area is 96.8 Å². The van der Waals surface area contributed by atoms with E-state index < -0.39 is 0 Å². The quantitative estimate of drug-likeness (QED) is 0.782. The van der Waals surface area contributed by atoms with Gasteiger partial charge in [-0.15, -0.1) is 0 Å². The van der Waals surface area contributed by atoms with Gasteiger partial charge in [-0.1, -0.05) is 13.8 Å². The predicted octanol–water partition coefficient (Wildman–Crippen LogP) is 1.01. The summed E-state index contributed by atoms with van der Waals surface area (Å²) in [6, 6.07) is 3.89. The number of rotatable bonds is 5. The van der Waals surface area contributed by atoms with Gasteiger partial charge < -0.3 is 15.6 Å². The summed E-state index contributed by atoms with van der Waals surface area (Å²) < 4.78 is 1.99. The Morgan fingerprint density at radius 2 is 2.25 bits per heavy atom. The van der Waals surface area contributed by atoms with Gasteiger partial charge in [-0.3, -0.25) is 4.79 Å². The minimum absolute atomic E-state index is 0.0161. The predicted molar refractivity (Wildman–Crippen MR) is 64.7 cm³/mol. The van der Waals surface area contributed by atoms with Crippen LogP contribution >= 0.6 is 0 Å². The molecule has 1 aromatic rings. The fourth-order valence-electron chi connectivity index (χ4n) is 1.39. The topological polar surface area (TPSA) is 60.1 Å². The van der Waals surface area contributed by atoms with E-state index in [2.05, 4.69) is 5.32 Å². The summed E-state index contributed by atoms with van der Waals surface area (Å²) in [5.74, 6) is 0.350. The van der Waals surface area contributed by atoms with Crippen molar-refractivity contribution in [2.75, 3.05) is 0 Å². The Bertz CT molecular complexity index is 344. The number of hydrogen-bond donors (Lipinski definition) is 2. The second-order valence-electron chi connectivity index (χ2n) is 4.50. The van der Waals surface area contributed by atoms with Crippen LogP contribution in [0.25, 0.3) is 0 Å². The fourth-order valence-corrected chi connectivity index (χ4v) is 1.39. The third-order valence-corrected chi connectivity index (χ3v) is 2.80. The molecule has 3 N–H and O–H groups in total. The van der Waals surface area contributed by atoms with Crippen molar-refractivity contribution >= 4 is 5.91 Å². The number of hydrogen-bond acceptors (Lipinski definition) is 2. The lowest BCUT2D eigenvalue weighted by Crippen LogP contribution is -2.34. The molecule has 1 aromatic heterocycles. The van der Waals surface area contributed by atoms with Gasteiger partial charge in [0.05, 0.1) is 6.54 Å². The van der Waals surface area contributed by atoms with Crippen LogP contribution in [0.4, 0.5) is 0 Å². The van der Waals surface area contributed by atoms with Crippen molar-refractivity contribution in [1.82, 2.24) is 9.88 Å². The molecule has 0 radical (unpaired) electrons. The normalized spacial score (nSPS) is 12.8. The molecule has 90 valence electrons. The number of nitrogens with one attached hydrogen (secondary N) is 1. The molecule has 1 heterocycles. The summed E-state index contributed by atoms with van der Waals surface area (Å²) in [4.78, 5) is 11.6. The largest absolute Gasteiger partial charge is 0.353 e. The van der Waals surface area contributed by atoms with Crippen molar-refractivity contribution in [3.05, 3.63) is 24.0 Å². The number of aromatic nitrogens is 1. The van der Waals surface area contributed by atoms with Crippen LogP contribution in [-0.4, -0.2) is 16.5 Å². The highest BCUT2D eigenvalue weighted by molar-refractivity contribution is 5.76. The van der Waals surface area contributed by atoms with Gasteiger partial charge in [-0.2, -0.15) is 0 Å². The van der Waals surface area contributed by atoms with Gasteiger partial charge >= 0.3 is 0 Å². The molecule has 0 aliphatic heterocycles.